The normalized spacial score (nSPS) is 32.2. The number of rotatable bonds is 0. The van der Waals surface area contributed by atoms with Crippen LogP contribution >= 0.6 is 0 Å². The topological polar surface area (TPSA) is 27.7 Å². The second-order valence-electron chi connectivity index (χ2n) is 8.41. The first-order valence-electron chi connectivity index (χ1n) is 9.76. The van der Waals surface area contributed by atoms with Gasteiger partial charge in [-0.25, -0.2) is 0 Å². The highest BCUT2D eigenvalue weighted by Crippen LogP contribution is 2.70. The van der Waals surface area contributed by atoms with Crippen molar-refractivity contribution in [1.82, 2.24) is 0 Å². The zero-order valence-corrected chi connectivity index (χ0v) is 16.6. The average Bonchev–Trinajstić information content (AvgIpc) is 3.14. The maximum Gasteiger partial charge on any atom is 0.380 e. The van der Waals surface area contributed by atoms with Crippen LogP contribution in [0.4, 0.5) is 26.3 Å². The molecule has 3 nitrogen and oxygen atoms in total. The van der Waals surface area contributed by atoms with Crippen molar-refractivity contribution in [3.05, 3.63) is 70.8 Å². The second-order valence-corrected chi connectivity index (χ2v) is 8.41. The minimum absolute atomic E-state index is 0.0202. The number of halogens is 6. The van der Waals surface area contributed by atoms with Gasteiger partial charge in [0.05, 0.1) is 0 Å². The van der Waals surface area contributed by atoms with Crippen LogP contribution in [0.1, 0.15) is 25.0 Å². The van der Waals surface area contributed by atoms with Crippen molar-refractivity contribution in [2.75, 3.05) is 0 Å². The van der Waals surface area contributed by atoms with E-state index in [1.54, 1.807) is 12.1 Å². The molecule has 9 heteroatoms. The molecule has 0 bridgehead atoms. The van der Waals surface area contributed by atoms with Crippen LogP contribution in [0.5, 0.6) is 11.5 Å². The van der Waals surface area contributed by atoms with Crippen LogP contribution in [-0.4, -0.2) is 29.3 Å². The lowest BCUT2D eigenvalue weighted by Crippen LogP contribution is -2.50. The molecule has 1 fully saturated rings. The molecule has 2 atom stereocenters. The van der Waals surface area contributed by atoms with Crippen LogP contribution in [0.3, 0.4) is 0 Å². The third kappa shape index (κ3) is 1.95. The third-order valence-electron chi connectivity index (χ3n) is 6.39. The van der Waals surface area contributed by atoms with Crippen molar-refractivity contribution >= 4 is 11.1 Å². The largest absolute Gasteiger partial charge is 0.457 e. The summed E-state index contributed by atoms with van der Waals surface area (Å²) in [5, 5.41) is 0. The Labute approximate surface area is 177 Å². The van der Waals surface area contributed by atoms with Gasteiger partial charge < -0.3 is 9.47 Å². The van der Waals surface area contributed by atoms with Gasteiger partial charge in [0.15, 0.2) is 0 Å². The van der Waals surface area contributed by atoms with Gasteiger partial charge in [-0.2, -0.15) is 26.3 Å². The highest BCUT2D eigenvalue weighted by molar-refractivity contribution is 5.95. The van der Waals surface area contributed by atoms with Gasteiger partial charge in [0.1, 0.15) is 11.5 Å². The van der Waals surface area contributed by atoms with Gasteiger partial charge >= 0.3 is 17.8 Å². The summed E-state index contributed by atoms with van der Waals surface area (Å²) in [7, 11) is 0. The van der Waals surface area contributed by atoms with Gasteiger partial charge in [0.25, 0.3) is 0 Å². The molecule has 32 heavy (non-hydrogen) atoms. The van der Waals surface area contributed by atoms with Crippen molar-refractivity contribution < 1.29 is 40.6 Å². The standard InChI is InChI=1S/C23H14F6O3/c1-19-15(11-7-3-5-9-13(11)30-19)17-18(22(26,27)23(28,29)21(17,24)25)16-12-8-4-6-10-14(12)31-20(16,2)32-19/h3-10H,1-2H3. The Kier molecular flexibility index (Phi) is 3.29. The van der Waals surface area contributed by atoms with E-state index in [1.165, 1.54) is 50.2 Å². The highest BCUT2D eigenvalue weighted by atomic mass is 19.3. The fourth-order valence-corrected chi connectivity index (χ4v) is 5.16. The van der Waals surface area contributed by atoms with Crippen LogP contribution in [0.2, 0.25) is 0 Å². The first-order valence-corrected chi connectivity index (χ1v) is 9.76. The first-order chi connectivity index (χ1) is 14.9. The smallest absolute Gasteiger partial charge is 0.380 e. The van der Waals surface area contributed by atoms with E-state index in [0.717, 1.165) is 0 Å². The van der Waals surface area contributed by atoms with E-state index in [9.17, 15) is 8.78 Å². The zero-order valence-electron chi connectivity index (χ0n) is 16.6. The molecular weight excluding hydrogens is 438 g/mol. The van der Waals surface area contributed by atoms with Gasteiger partial charge in [0, 0.05) is 47.3 Å². The Balaban J connectivity index is 1.84. The summed E-state index contributed by atoms with van der Waals surface area (Å²) in [6.07, 6.45) is 0. The lowest BCUT2D eigenvalue weighted by atomic mass is 9.87. The van der Waals surface area contributed by atoms with E-state index >= 15 is 17.6 Å². The number of allylic oxidation sites excluding steroid dienone is 2. The minimum atomic E-state index is -5.68. The SMILES string of the molecule is CC12Oc3ccccc3C1=C1C(=C3c4ccccc4OC3(C)O2)C(F)(F)C(F)(F)C1(F)F. The molecule has 2 aromatic carbocycles. The molecule has 6 rings (SSSR count). The number of fused-ring (bicyclic) bond motifs is 7. The molecular formula is C23H14F6O3. The molecule has 3 heterocycles. The van der Waals surface area contributed by atoms with Gasteiger partial charge in [-0.05, 0) is 12.1 Å². The number of benzene rings is 2. The average molecular weight is 452 g/mol. The van der Waals surface area contributed by atoms with Crippen molar-refractivity contribution in [3.8, 4) is 11.5 Å². The number of hydrogen-bond donors (Lipinski definition) is 0. The summed E-state index contributed by atoms with van der Waals surface area (Å²) >= 11 is 0. The van der Waals surface area contributed by atoms with Gasteiger partial charge in [-0.3, -0.25) is 4.74 Å². The van der Waals surface area contributed by atoms with Crippen molar-refractivity contribution in [2.24, 2.45) is 0 Å². The minimum Gasteiger partial charge on any atom is -0.457 e. The number of alkyl halides is 6. The summed E-state index contributed by atoms with van der Waals surface area (Å²) in [4.78, 5) is 0. The monoisotopic (exact) mass is 452 g/mol. The van der Waals surface area contributed by atoms with Crippen molar-refractivity contribution in [3.63, 3.8) is 0 Å². The molecule has 166 valence electrons. The van der Waals surface area contributed by atoms with Gasteiger partial charge in [-0.1, -0.05) is 36.4 Å². The predicted octanol–water partition coefficient (Wildman–Crippen LogP) is 6.06. The van der Waals surface area contributed by atoms with E-state index < -0.39 is 51.6 Å². The summed E-state index contributed by atoms with van der Waals surface area (Å²) < 4.78 is 108. The number of para-hydroxylation sites is 2. The van der Waals surface area contributed by atoms with Gasteiger partial charge in [0.2, 0.25) is 11.6 Å². The van der Waals surface area contributed by atoms with Crippen LogP contribution < -0.4 is 9.47 Å². The van der Waals surface area contributed by atoms with Crippen molar-refractivity contribution in [1.29, 1.82) is 0 Å². The fraction of sp³-hybridized carbons (Fsp3) is 0.304. The molecule has 0 spiro atoms. The Morgan fingerprint density at radius 1 is 0.562 bits per heavy atom. The quantitative estimate of drug-likeness (QED) is 0.455. The van der Waals surface area contributed by atoms with E-state index in [4.69, 9.17) is 14.2 Å². The van der Waals surface area contributed by atoms with E-state index in [-0.39, 0.29) is 22.6 Å². The molecule has 0 aromatic heterocycles. The van der Waals surface area contributed by atoms with E-state index in [1.807, 2.05) is 0 Å². The predicted molar refractivity (Wildman–Crippen MR) is 101 cm³/mol. The second kappa shape index (κ2) is 5.33. The van der Waals surface area contributed by atoms with E-state index in [2.05, 4.69) is 0 Å². The molecule has 0 saturated heterocycles. The zero-order chi connectivity index (χ0) is 22.9. The molecule has 2 unspecified atom stereocenters. The summed E-state index contributed by atoms with van der Waals surface area (Å²) in [6.45, 7) is 2.47. The maximum atomic E-state index is 15.3. The van der Waals surface area contributed by atoms with Crippen LogP contribution in [-0.2, 0) is 4.74 Å². The fourth-order valence-electron chi connectivity index (χ4n) is 5.16. The lowest BCUT2D eigenvalue weighted by Gasteiger charge is -2.35. The Hall–Kier alpha value is -2.94. The summed E-state index contributed by atoms with van der Waals surface area (Å²) in [5.41, 5.74) is -4.14. The summed E-state index contributed by atoms with van der Waals surface area (Å²) in [6, 6.07) is 11.6. The Morgan fingerprint density at radius 3 is 1.34 bits per heavy atom. The highest BCUT2D eigenvalue weighted by Gasteiger charge is 2.84. The van der Waals surface area contributed by atoms with Crippen LogP contribution in [0.15, 0.2) is 59.7 Å². The van der Waals surface area contributed by atoms with Crippen LogP contribution in [0.25, 0.3) is 11.1 Å². The molecule has 1 aliphatic carbocycles. The Bertz CT molecular complexity index is 1180. The molecule has 0 amide bonds. The molecule has 3 aliphatic heterocycles. The lowest BCUT2D eigenvalue weighted by molar-refractivity contribution is -0.261. The number of hydrogen-bond acceptors (Lipinski definition) is 3. The molecule has 1 saturated carbocycles. The third-order valence-corrected chi connectivity index (χ3v) is 6.39. The molecule has 0 radical (unpaired) electrons. The van der Waals surface area contributed by atoms with Crippen LogP contribution in [0, 0.1) is 0 Å². The molecule has 2 aromatic rings. The maximum absolute atomic E-state index is 15.3. The van der Waals surface area contributed by atoms with Gasteiger partial charge in [-0.15, -0.1) is 0 Å². The van der Waals surface area contributed by atoms with Crippen molar-refractivity contribution in [2.45, 2.75) is 43.2 Å². The Morgan fingerprint density at radius 2 is 0.938 bits per heavy atom. The summed E-state index contributed by atoms with van der Waals surface area (Å²) in [5.74, 6) is -20.2. The first kappa shape index (κ1) is 19.7. The number of ether oxygens (including phenoxy) is 3. The van der Waals surface area contributed by atoms with E-state index in [0.29, 0.717) is 0 Å². The molecule has 4 aliphatic rings. The molecule has 0 N–H and O–H groups in total.